The Balaban J connectivity index is 1.54. The predicted octanol–water partition coefficient (Wildman–Crippen LogP) is 7.90. The highest BCUT2D eigenvalue weighted by molar-refractivity contribution is 5.80. The highest BCUT2D eigenvalue weighted by atomic mass is 16.6. The molecule has 4 aliphatic rings. The summed E-state index contributed by atoms with van der Waals surface area (Å²) >= 11 is 0. The number of Topliss-reactive ketones (excluding diaryl/α,β-unsaturated/α-hetero) is 1. The summed E-state index contributed by atoms with van der Waals surface area (Å²) in [6.07, 6.45) is 16.0. The second-order valence-corrected chi connectivity index (χ2v) is 12.9. The quantitative estimate of drug-likeness (QED) is 0.274. The van der Waals surface area contributed by atoms with Crippen molar-refractivity contribution >= 4 is 11.8 Å². The Kier molecular flexibility index (Phi) is 7.38. The molecule has 0 aromatic rings. The number of carbonyl (C=O) groups excluding carboxylic acids is 2. The van der Waals surface area contributed by atoms with Gasteiger partial charge in [-0.3, -0.25) is 9.59 Å². The second-order valence-electron chi connectivity index (χ2n) is 12.9. The Morgan fingerprint density at radius 3 is 2.42 bits per heavy atom. The molecule has 4 rings (SSSR count). The topological polar surface area (TPSA) is 43.4 Å². The van der Waals surface area contributed by atoms with Crippen LogP contribution < -0.4 is 0 Å². The number of fused-ring (bicyclic) bond motifs is 5. The predicted molar refractivity (Wildman–Crippen MR) is 134 cm³/mol. The monoisotopic (exact) mass is 458 g/mol. The van der Waals surface area contributed by atoms with Crippen molar-refractivity contribution in [2.45, 2.75) is 137 Å². The van der Waals surface area contributed by atoms with Gasteiger partial charge in [0, 0.05) is 24.7 Å². The van der Waals surface area contributed by atoms with Crippen molar-refractivity contribution in [3.8, 4) is 0 Å². The first-order valence-electron chi connectivity index (χ1n) is 14.5. The number of carbonyl (C=O) groups is 2. The summed E-state index contributed by atoms with van der Waals surface area (Å²) in [6.45, 7) is 11.9. The molecule has 33 heavy (non-hydrogen) atoms. The van der Waals surface area contributed by atoms with Crippen molar-refractivity contribution in [1.82, 2.24) is 0 Å². The van der Waals surface area contributed by atoms with Crippen molar-refractivity contribution in [3.63, 3.8) is 0 Å². The SMILES string of the molecule is CCCCCCC(=O)OC1(CCC)CC[C@H]2[C@@H]3CCC4CC(=O)CC(C)[C@]4(C)[C@@H]3CC[C@@]21C. The highest BCUT2D eigenvalue weighted by Crippen LogP contribution is 2.70. The van der Waals surface area contributed by atoms with E-state index in [9.17, 15) is 9.59 Å². The fourth-order valence-electron chi connectivity index (χ4n) is 9.57. The summed E-state index contributed by atoms with van der Waals surface area (Å²) in [5.74, 6) is 3.78. The van der Waals surface area contributed by atoms with Crippen molar-refractivity contribution in [2.24, 2.45) is 40.4 Å². The van der Waals surface area contributed by atoms with Crippen molar-refractivity contribution in [2.75, 3.05) is 0 Å². The van der Waals surface area contributed by atoms with E-state index in [1.807, 2.05) is 0 Å². The summed E-state index contributed by atoms with van der Waals surface area (Å²) in [7, 11) is 0. The van der Waals surface area contributed by atoms with Crippen LogP contribution in [0.5, 0.6) is 0 Å². The Labute approximate surface area is 203 Å². The molecule has 3 unspecified atom stereocenters. The first-order chi connectivity index (χ1) is 15.7. The van der Waals surface area contributed by atoms with Crippen LogP contribution in [0.2, 0.25) is 0 Å². The normalized spacial score (nSPS) is 44.6. The van der Waals surface area contributed by atoms with Crippen molar-refractivity contribution in [3.05, 3.63) is 0 Å². The lowest BCUT2D eigenvalue weighted by Gasteiger charge is -2.63. The van der Waals surface area contributed by atoms with Crippen LogP contribution in [0, 0.1) is 40.4 Å². The minimum atomic E-state index is -0.259. The first kappa shape index (κ1) is 25.2. The number of hydrogen-bond donors (Lipinski definition) is 0. The molecule has 0 aromatic carbocycles. The smallest absolute Gasteiger partial charge is 0.306 e. The molecule has 4 aliphatic carbocycles. The lowest BCUT2D eigenvalue weighted by Crippen LogP contribution is -2.59. The van der Waals surface area contributed by atoms with E-state index in [2.05, 4.69) is 34.6 Å². The fourth-order valence-corrected chi connectivity index (χ4v) is 9.57. The lowest BCUT2D eigenvalue weighted by molar-refractivity contribution is -0.194. The number of esters is 1. The van der Waals surface area contributed by atoms with Crippen LogP contribution in [0.25, 0.3) is 0 Å². The molecule has 0 N–H and O–H groups in total. The minimum Gasteiger partial charge on any atom is -0.458 e. The molecule has 0 spiro atoms. The number of ketones is 1. The van der Waals surface area contributed by atoms with Gasteiger partial charge in [-0.2, -0.15) is 0 Å². The van der Waals surface area contributed by atoms with Crippen LogP contribution in [0.15, 0.2) is 0 Å². The Bertz CT molecular complexity index is 730. The molecular weight excluding hydrogens is 408 g/mol. The van der Waals surface area contributed by atoms with E-state index in [0.717, 1.165) is 56.8 Å². The largest absolute Gasteiger partial charge is 0.458 e. The van der Waals surface area contributed by atoms with Gasteiger partial charge in [-0.15, -0.1) is 0 Å². The first-order valence-corrected chi connectivity index (χ1v) is 14.5. The van der Waals surface area contributed by atoms with E-state index in [1.54, 1.807) is 0 Å². The van der Waals surface area contributed by atoms with Crippen LogP contribution >= 0.6 is 0 Å². The Hall–Kier alpha value is -0.860. The van der Waals surface area contributed by atoms with Gasteiger partial charge in [0.05, 0.1) is 0 Å². The molecule has 0 amide bonds. The van der Waals surface area contributed by atoms with Crippen LogP contribution in [0.4, 0.5) is 0 Å². The van der Waals surface area contributed by atoms with Crippen LogP contribution in [-0.4, -0.2) is 17.4 Å². The van der Waals surface area contributed by atoms with Gasteiger partial charge >= 0.3 is 5.97 Å². The van der Waals surface area contributed by atoms with E-state index in [0.29, 0.717) is 35.4 Å². The number of rotatable bonds is 8. The fraction of sp³-hybridized carbons (Fsp3) is 0.933. The maximum absolute atomic E-state index is 13.0. The van der Waals surface area contributed by atoms with Gasteiger partial charge in [0.25, 0.3) is 0 Å². The molecule has 3 nitrogen and oxygen atoms in total. The van der Waals surface area contributed by atoms with Crippen molar-refractivity contribution < 1.29 is 14.3 Å². The summed E-state index contributed by atoms with van der Waals surface area (Å²) in [5.41, 5.74) is 0.162. The Morgan fingerprint density at radius 1 is 0.939 bits per heavy atom. The zero-order valence-electron chi connectivity index (χ0n) is 22.2. The van der Waals surface area contributed by atoms with Gasteiger partial charge in [0.1, 0.15) is 11.4 Å². The van der Waals surface area contributed by atoms with Gasteiger partial charge < -0.3 is 4.74 Å². The molecule has 3 heteroatoms. The summed E-state index contributed by atoms with van der Waals surface area (Å²) in [4.78, 5) is 25.4. The Morgan fingerprint density at radius 2 is 1.70 bits per heavy atom. The molecule has 0 heterocycles. The third-order valence-electron chi connectivity index (χ3n) is 11.5. The molecule has 8 atom stereocenters. The lowest BCUT2D eigenvalue weighted by atomic mass is 9.42. The summed E-state index contributed by atoms with van der Waals surface area (Å²) in [6, 6.07) is 0. The average Bonchev–Trinajstić information content (AvgIpc) is 3.05. The minimum absolute atomic E-state index is 0.0543. The second kappa shape index (κ2) is 9.65. The molecule has 188 valence electrons. The van der Waals surface area contributed by atoms with E-state index in [4.69, 9.17) is 4.74 Å². The highest BCUT2D eigenvalue weighted by Gasteiger charge is 2.66. The average molecular weight is 459 g/mol. The zero-order chi connectivity index (χ0) is 23.9. The van der Waals surface area contributed by atoms with Gasteiger partial charge in [0.2, 0.25) is 0 Å². The molecule has 0 saturated heterocycles. The molecule has 0 bridgehead atoms. The molecule has 4 fully saturated rings. The number of hydrogen-bond acceptors (Lipinski definition) is 3. The van der Waals surface area contributed by atoms with E-state index >= 15 is 0 Å². The van der Waals surface area contributed by atoms with Crippen LogP contribution in [0.3, 0.4) is 0 Å². The van der Waals surface area contributed by atoms with E-state index < -0.39 is 0 Å². The molecule has 4 saturated carbocycles. The van der Waals surface area contributed by atoms with Crippen LogP contribution in [0.1, 0.15) is 131 Å². The van der Waals surface area contributed by atoms with Crippen LogP contribution in [-0.2, 0) is 14.3 Å². The molecule has 0 aliphatic heterocycles. The summed E-state index contributed by atoms with van der Waals surface area (Å²) < 4.78 is 6.56. The van der Waals surface area contributed by atoms with Gasteiger partial charge in [-0.05, 0) is 86.4 Å². The third kappa shape index (κ3) is 4.12. The van der Waals surface area contributed by atoms with E-state index in [1.165, 1.54) is 44.9 Å². The van der Waals surface area contributed by atoms with E-state index in [-0.39, 0.29) is 17.0 Å². The number of ether oxygens (including phenoxy) is 1. The van der Waals surface area contributed by atoms with Gasteiger partial charge in [-0.1, -0.05) is 60.3 Å². The number of unbranched alkanes of at least 4 members (excludes halogenated alkanes) is 3. The third-order valence-corrected chi connectivity index (χ3v) is 11.5. The zero-order valence-corrected chi connectivity index (χ0v) is 22.2. The van der Waals surface area contributed by atoms with Gasteiger partial charge in [-0.25, -0.2) is 0 Å². The molecule has 0 aromatic heterocycles. The van der Waals surface area contributed by atoms with Gasteiger partial charge in [0.15, 0.2) is 0 Å². The standard InChI is InChI=1S/C30H50O3/c1-6-8-9-10-11-27(32)33-30(16-7-2)18-15-25-24-13-12-22-20-23(31)19-21(3)29(22,5)26(24)14-17-28(25,30)4/h21-22,24-26H,6-20H2,1-5H3/t21?,22?,24-,25-,26+,28-,29-,30?/m0/s1. The van der Waals surface area contributed by atoms with Crippen molar-refractivity contribution in [1.29, 1.82) is 0 Å². The maximum Gasteiger partial charge on any atom is 0.306 e. The maximum atomic E-state index is 13.0. The molecule has 0 radical (unpaired) electrons. The molecular formula is C30H50O3. The summed E-state index contributed by atoms with van der Waals surface area (Å²) in [5, 5.41) is 0.